The summed E-state index contributed by atoms with van der Waals surface area (Å²) in [5.74, 6) is 0. The summed E-state index contributed by atoms with van der Waals surface area (Å²) in [7, 11) is 0. The van der Waals surface area contributed by atoms with E-state index in [9.17, 15) is 9.90 Å². The van der Waals surface area contributed by atoms with Crippen LogP contribution in [0.15, 0.2) is 16.9 Å². The zero-order chi connectivity index (χ0) is 11.6. The summed E-state index contributed by atoms with van der Waals surface area (Å²) in [6.45, 7) is 8.07. The minimum absolute atomic E-state index is 0.0254. The van der Waals surface area contributed by atoms with Gasteiger partial charge in [0.1, 0.15) is 0 Å². The van der Waals surface area contributed by atoms with E-state index in [0.29, 0.717) is 13.0 Å². The Hall–Kier alpha value is -1.09. The molecule has 1 N–H and O–H groups in total. The highest BCUT2D eigenvalue weighted by Gasteiger charge is 2.19. The molecule has 0 amide bonds. The summed E-state index contributed by atoms with van der Waals surface area (Å²) in [4.78, 5) is 11.2. The quantitative estimate of drug-likeness (QED) is 0.822. The largest absolute Gasteiger partial charge is 0.388 e. The van der Waals surface area contributed by atoms with Crippen molar-refractivity contribution >= 4 is 0 Å². The fourth-order valence-corrected chi connectivity index (χ4v) is 1.59. The Morgan fingerprint density at radius 1 is 1.33 bits per heavy atom. The smallest absolute Gasteiger partial charge is 0.182 e. The van der Waals surface area contributed by atoms with E-state index in [1.807, 2.05) is 32.3 Å². The van der Waals surface area contributed by atoms with Crippen molar-refractivity contribution in [1.82, 2.24) is 4.57 Å². The van der Waals surface area contributed by atoms with Gasteiger partial charge in [-0.2, -0.15) is 0 Å². The van der Waals surface area contributed by atoms with Gasteiger partial charge in [-0.1, -0.05) is 6.92 Å². The predicted octanol–water partition coefficient (Wildman–Crippen LogP) is 1.63. The lowest BCUT2D eigenvalue weighted by molar-refractivity contribution is 0.0367. The molecule has 1 atom stereocenters. The molecule has 3 nitrogen and oxygen atoms in total. The maximum Gasteiger partial charge on any atom is 0.182 e. The van der Waals surface area contributed by atoms with E-state index in [1.54, 1.807) is 12.1 Å². The van der Waals surface area contributed by atoms with Gasteiger partial charge in [-0.05, 0) is 27.2 Å². The minimum Gasteiger partial charge on any atom is -0.388 e. The fourth-order valence-electron chi connectivity index (χ4n) is 1.59. The SMILES string of the molecule is CCC(C)(O)Cn1c(C)cc(=O)cc1C. The Morgan fingerprint density at radius 2 is 1.80 bits per heavy atom. The molecule has 0 bridgehead atoms. The Balaban J connectivity index is 3.11. The Labute approximate surface area is 90.4 Å². The first-order chi connectivity index (χ1) is 6.85. The van der Waals surface area contributed by atoms with Crippen LogP contribution in [-0.2, 0) is 6.54 Å². The monoisotopic (exact) mass is 209 g/mol. The van der Waals surface area contributed by atoms with Gasteiger partial charge in [-0.15, -0.1) is 0 Å². The van der Waals surface area contributed by atoms with Crippen LogP contribution < -0.4 is 5.43 Å². The third-order valence-corrected chi connectivity index (χ3v) is 2.81. The van der Waals surface area contributed by atoms with Crippen molar-refractivity contribution in [2.75, 3.05) is 0 Å². The highest BCUT2D eigenvalue weighted by Crippen LogP contribution is 2.14. The average molecular weight is 209 g/mol. The molecule has 1 unspecified atom stereocenters. The molecule has 0 fully saturated rings. The molecular formula is C12H19NO2. The van der Waals surface area contributed by atoms with E-state index in [4.69, 9.17) is 0 Å². The number of aromatic nitrogens is 1. The second-order valence-electron chi connectivity index (χ2n) is 4.41. The molecule has 0 spiro atoms. The standard InChI is InChI=1S/C12H19NO2/c1-5-12(4,15)8-13-9(2)6-11(14)7-10(13)3/h6-7,15H,5,8H2,1-4H3. The van der Waals surface area contributed by atoms with Crippen LogP contribution >= 0.6 is 0 Å². The maximum atomic E-state index is 11.2. The van der Waals surface area contributed by atoms with Crippen molar-refractivity contribution in [2.45, 2.75) is 46.3 Å². The van der Waals surface area contributed by atoms with Crippen LogP contribution in [0.1, 0.15) is 31.7 Å². The van der Waals surface area contributed by atoms with Crippen molar-refractivity contribution in [3.8, 4) is 0 Å². The van der Waals surface area contributed by atoms with Crippen LogP contribution in [0.2, 0.25) is 0 Å². The summed E-state index contributed by atoms with van der Waals surface area (Å²) >= 11 is 0. The van der Waals surface area contributed by atoms with Crippen molar-refractivity contribution in [3.05, 3.63) is 33.7 Å². The molecule has 0 aromatic carbocycles. The number of aryl methyl sites for hydroxylation is 2. The average Bonchev–Trinajstić information content (AvgIpc) is 2.11. The van der Waals surface area contributed by atoms with Gasteiger partial charge >= 0.3 is 0 Å². The maximum absolute atomic E-state index is 11.2. The van der Waals surface area contributed by atoms with Crippen LogP contribution in [0.4, 0.5) is 0 Å². The number of hydrogen-bond acceptors (Lipinski definition) is 2. The van der Waals surface area contributed by atoms with E-state index < -0.39 is 5.60 Å². The van der Waals surface area contributed by atoms with Gasteiger partial charge in [0.05, 0.1) is 12.1 Å². The zero-order valence-electron chi connectivity index (χ0n) is 9.87. The molecule has 1 rings (SSSR count). The van der Waals surface area contributed by atoms with Crippen LogP contribution in [0.3, 0.4) is 0 Å². The van der Waals surface area contributed by atoms with Gasteiger partial charge in [0.15, 0.2) is 5.43 Å². The van der Waals surface area contributed by atoms with Gasteiger partial charge < -0.3 is 9.67 Å². The van der Waals surface area contributed by atoms with Crippen molar-refractivity contribution < 1.29 is 5.11 Å². The highest BCUT2D eigenvalue weighted by molar-refractivity contribution is 5.12. The van der Waals surface area contributed by atoms with E-state index in [0.717, 1.165) is 11.4 Å². The van der Waals surface area contributed by atoms with Crippen molar-refractivity contribution in [1.29, 1.82) is 0 Å². The van der Waals surface area contributed by atoms with Crippen molar-refractivity contribution in [2.24, 2.45) is 0 Å². The molecule has 15 heavy (non-hydrogen) atoms. The van der Waals surface area contributed by atoms with E-state index in [1.165, 1.54) is 0 Å². The summed E-state index contributed by atoms with van der Waals surface area (Å²) in [5.41, 5.74) is 1.10. The second kappa shape index (κ2) is 4.19. The number of pyridine rings is 1. The van der Waals surface area contributed by atoms with Gasteiger partial charge in [-0.25, -0.2) is 0 Å². The topological polar surface area (TPSA) is 42.2 Å². The van der Waals surface area contributed by atoms with Crippen LogP contribution in [0, 0.1) is 13.8 Å². The molecule has 1 aromatic rings. The third-order valence-electron chi connectivity index (χ3n) is 2.81. The van der Waals surface area contributed by atoms with Gasteiger partial charge in [-0.3, -0.25) is 4.79 Å². The first-order valence-corrected chi connectivity index (χ1v) is 5.26. The molecule has 1 heterocycles. The zero-order valence-corrected chi connectivity index (χ0v) is 9.87. The Morgan fingerprint density at radius 3 is 2.20 bits per heavy atom. The fraction of sp³-hybridized carbons (Fsp3) is 0.583. The number of nitrogens with zero attached hydrogens (tertiary/aromatic N) is 1. The van der Waals surface area contributed by atoms with Crippen LogP contribution in [0.25, 0.3) is 0 Å². The van der Waals surface area contributed by atoms with Crippen LogP contribution in [0.5, 0.6) is 0 Å². The normalized spacial score (nSPS) is 15.0. The molecule has 0 radical (unpaired) electrons. The Kier molecular flexibility index (Phi) is 3.35. The molecule has 0 aliphatic heterocycles. The summed E-state index contributed by atoms with van der Waals surface area (Å²) in [6, 6.07) is 3.19. The van der Waals surface area contributed by atoms with E-state index >= 15 is 0 Å². The first-order valence-electron chi connectivity index (χ1n) is 5.26. The molecule has 84 valence electrons. The third kappa shape index (κ3) is 2.93. The van der Waals surface area contributed by atoms with Gasteiger partial charge in [0.25, 0.3) is 0 Å². The lowest BCUT2D eigenvalue weighted by Crippen LogP contribution is -2.31. The lowest BCUT2D eigenvalue weighted by atomic mass is 10.0. The molecule has 0 saturated carbocycles. The molecule has 0 saturated heterocycles. The molecule has 1 aromatic heterocycles. The molecular weight excluding hydrogens is 190 g/mol. The van der Waals surface area contributed by atoms with Gasteiger partial charge in [0, 0.05) is 23.5 Å². The predicted molar refractivity (Wildman–Crippen MR) is 61.1 cm³/mol. The summed E-state index contributed by atoms with van der Waals surface area (Å²) in [5, 5.41) is 10.00. The first kappa shape index (κ1) is 12.0. The van der Waals surface area contributed by atoms with E-state index in [2.05, 4.69) is 0 Å². The second-order valence-corrected chi connectivity index (χ2v) is 4.41. The highest BCUT2D eigenvalue weighted by atomic mass is 16.3. The minimum atomic E-state index is -0.718. The molecule has 0 aliphatic carbocycles. The number of aliphatic hydroxyl groups is 1. The number of hydrogen-bond donors (Lipinski definition) is 1. The lowest BCUT2D eigenvalue weighted by Gasteiger charge is -2.25. The van der Waals surface area contributed by atoms with Gasteiger partial charge in [0.2, 0.25) is 0 Å². The van der Waals surface area contributed by atoms with Crippen molar-refractivity contribution in [3.63, 3.8) is 0 Å². The molecule has 3 heteroatoms. The van der Waals surface area contributed by atoms with E-state index in [-0.39, 0.29) is 5.43 Å². The molecule has 0 aliphatic rings. The number of rotatable bonds is 3. The summed E-state index contributed by atoms with van der Waals surface area (Å²) in [6.07, 6.45) is 0.692. The van der Waals surface area contributed by atoms with Crippen LogP contribution in [-0.4, -0.2) is 15.3 Å². The Bertz CT molecular complexity index is 378. The summed E-state index contributed by atoms with van der Waals surface area (Å²) < 4.78 is 1.98.